The topological polar surface area (TPSA) is 35.5 Å². The van der Waals surface area contributed by atoms with Crippen LogP contribution in [0.1, 0.15) is 29.8 Å². The number of hydrogen-bond acceptors (Lipinski definition) is 3. The molecule has 0 N–H and O–H groups in total. The SMILES string of the molecule is CC(C)(OC(=O)c1ccc([S+](c2ccccc2)c2ccccc2)cc1)c1ccc(OC(F)(F)F)cc1. The van der Waals surface area contributed by atoms with Crippen LogP contribution in [0.4, 0.5) is 13.2 Å². The van der Waals surface area contributed by atoms with Gasteiger partial charge >= 0.3 is 12.3 Å². The molecule has 3 nitrogen and oxygen atoms in total. The Morgan fingerprint density at radius 3 is 1.61 bits per heavy atom. The Hall–Kier alpha value is -3.71. The van der Waals surface area contributed by atoms with E-state index in [1.54, 1.807) is 26.0 Å². The Kier molecular flexibility index (Phi) is 7.40. The van der Waals surface area contributed by atoms with Gasteiger partial charge in [0.25, 0.3) is 0 Å². The summed E-state index contributed by atoms with van der Waals surface area (Å²) in [7, 11) is -0.339. The van der Waals surface area contributed by atoms with Crippen molar-refractivity contribution in [2.45, 2.75) is 40.5 Å². The third-order valence-electron chi connectivity index (χ3n) is 5.41. The fourth-order valence-electron chi connectivity index (χ4n) is 3.66. The second kappa shape index (κ2) is 10.5. The first-order valence-corrected chi connectivity index (χ1v) is 12.4. The van der Waals surface area contributed by atoms with Crippen LogP contribution in [0, 0.1) is 0 Å². The molecule has 184 valence electrons. The monoisotopic (exact) mass is 509 g/mol. The van der Waals surface area contributed by atoms with Crippen LogP contribution in [-0.2, 0) is 21.2 Å². The van der Waals surface area contributed by atoms with Gasteiger partial charge in [-0.15, -0.1) is 13.2 Å². The van der Waals surface area contributed by atoms with E-state index in [4.69, 9.17) is 4.74 Å². The third kappa shape index (κ3) is 6.29. The summed E-state index contributed by atoms with van der Waals surface area (Å²) in [6.07, 6.45) is -4.77. The van der Waals surface area contributed by atoms with E-state index < -0.39 is 17.9 Å². The maximum atomic E-state index is 12.9. The van der Waals surface area contributed by atoms with E-state index in [0.717, 1.165) is 14.7 Å². The number of halogens is 3. The minimum absolute atomic E-state index is 0.337. The van der Waals surface area contributed by atoms with Crippen LogP contribution in [0.5, 0.6) is 5.75 Å². The standard InChI is InChI=1S/C29H24F3O3S/c1-28(2,22-15-17-23(18-16-22)34-29(30,31)32)35-27(33)21-13-19-26(20-14-21)36(24-9-5-3-6-10-24)25-11-7-4-8-12-25/h3-20H,1-2H3/q+1. The predicted molar refractivity (Wildman–Crippen MR) is 133 cm³/mol. The average Bonchev–Trinajstić information content (AvgIpc) is 2.85. The van der Waals surface area contributed by atoms with Crippen molar-refractivity contribution in [2.24, 2.45) is 0 Å². The van der Waals surface area contributed by atoms with Crippen molar-refractivity contribution in [3.63, 3.8) is 0 Å². The molecule has 0 amide bonds. The summed E-state index contributed by atoms with van der Waals surface area (Å²) in [5.74, 6) is -0.863. The van der Waals surface area contributed by atoms with Gasteiger partial charge in [-0.1, -0.05) is 48.5 Å². The number of esters is 1. The lowest BCUT2D eigenvalue weighted by molar-refractivity contribution is -0.274. The molecule has 7 heteroatoms. The molecule has 0 bridgehead atoms. The molecule has 0 spiro atoms. The molecular weight excluding hydrogens is 485 g/mol. The Balaban J connectivity index is 1.52. The van der Waals surface area contributed by atoms with Gasteiger partial charge in [0.05, 0.1) is 16.5 Å². The highest BCUT2D eigenvalue weighted by molar-refractivity contribution is 7.97. The minimum Gasteiger partial charge on any atom is -0.451 e. The van der Waals surface area contributed by atoms with Gasteiger partial charge in [0.1, 0.15) is 11.4 Å². The first-order chi connectivity index (χ1) is 17.1. The zero-order valence-electron chi connectivity index (χ0n) is 19.7. The van der Waals surface area contributed by atoms with Crippen LogP contribution in [0.15, 0.2) is 124 Å². The summed E-state index contributed by atoms with van der Waals surface area (Å²) in [5.41, 5.74) is -0.143. The molecule has 36 heavy (non-hydrogen) atoms. The van der Waals surface area contributed by atoms with E-state index in [1.807, 2.05) is 48.5 Å². The van der Waals surface area contributed by atoms with Gasteiger partial charge in [0, 0.05) is 0 Å². The maximum Gasteiger partial charge on any atom is 0.573 e. The number of benzene rings is 4. The van der Waals surface area contributed by atoms with Crippen molar-refractivity contribution in [2.75, 3.05) is 0 Å². The van der Waals surface area contributed by atoms with Crippen LogP contribution >= 0.6 is 0 Å². The predicted octanol–water partition coefficient (Wildman–Crippen LogP) is 7.77. The number of carbonyl (C=O) groups is 1. The van der Waals surface area contributed by atoms with Gasteiger partial charge in [-0.25, -0.2) is 4.79 Å². The number of rotatable bonds is 7. The molecule has 0 saturated carbocycles. The Bertz CT molecular complexity index is 1250. The first-order valence-electron chi connectivity index (χ1n) is 11.2. The third-order valence-corrected chi connectivity index (χ3v) is 7.65. The van der Waals surface area contributed by atoms with Gasteiger partial charge in [0.2, 0.25) is 0 Å². The van der Waals surface area contributed by atoms with E-state index in [0.29, 0.717) is 11.1 Å². The van der Waals surface area contributed by atoms with Gasteiger partial charge in [-0.2, -0.15) is 0 Å². The van der Waals surface area contributed by atoms with Crippen molar-refractivity contribution in [3.8, 4) is 5.75 Å². The molecule has 4 aromatic rings. The molecule has 0 aliphatic heterocycles. The van der Waals surface area contributed by atoms with E-state index in [2.05, 4.69) is 29.0 Å². The van der Waals surface area contributed by atoms with E-state index in [-0.39, 0.29) is 16.6 Å². The summed E-state index contributed by atoms with van der Waals surface area (Å²) < 4.78 is 46.9. The molecule has 0 radical (unpaired) electrons. The Morgan fingerprint density at radius 1 is 0.667 bits per heavy atom. The number of hydrogen-bond donors (Lipinski definition) is 0. The molecule has 0 unspecified atom stereocenters. The van der Waals surface area contributed by atoms with E-state index >= 15 is 0 Å². The molecule has 0 aliphatic rings. The average molecular weight is 510 g/mol. The minimum atomic E-state index is -4.77. The molecule has 0 heterocycles. The number of ether oxygens (including phenoxy) is 2. The fraction of sp³-hybridized carbons (Fsp3) is 0.138. The van der Waals surface area contributed by atoms with Crippen LogP contribution in [0.3, 0.4) is 0 Å². The first kappa shape index (κ1) is 25.4. The van der Waals surface area contributed by atoms with Crippen molar-refractivity contribution in [1.29, 1.82) is 0 Å². The largest absolute Gasteiger partial charge is 0.573 e. The van der Waals surface area contributed by atoms with Crippen molar-refractivity contribution >= 4 is 16.9 Å². The number of alkyl halides is 3. The van der Waals surface area contributed by atoms with Crippen LogP contribution in [-0.4, -0.2) is 12.3 Å². The van der Waals surface area contributed by atoms with Crippen LogP contribution in [0.2, 0.25) is 0 Å². The molecular formula is C29H24F3O3S+. The summed E-state index contributed by atoms with van der Waals surface area (Å²) in [6, 6.07) is 33.0. The van der Waals surface area contributed by atoms with Gasteiger partial charge < -0.3 is 9.47 Å². The summed E-state index contributed by atoms with van der Waals surface area (Å²) in [6.45, 7) is 3.36. The van der Waals surface area contributed by atoms with Gasteiger partial charge in [-0.05, 0) is 80.1 Å². The summed E-state index contributed by atoms with van der Waals surface area (Å²) in [4.78, 5) is 16.3. The molecule has 4 rings (SSSR count). The molecule has 0 atom stereocenters. The van der Waals surface area contributed by atoms with Crippen molar-refractivity contribution in [3.05, 3.63) is 120 Å². The second-order valence-electron chi connectivity index (χ2n) is 8.43. The number of carbonyl (C=O) groups excluding carboxylic acids is 1. The highest BCUT2D eigenvalue weighted by atomic mass is 32.2. The molecule has 0 aromatic heterocycles. The van der Waals surface area contributed by atoms with Crippen molar-refractivity contribution in [1.82, 2.24) is 0 Å². The summed E-state index contributed by atoms with van der Waals surface area (Å²) >= 11 is 0. The highest BCUT2D eigenvalue weighted by Gasteiger charge is 2.32. The van der Waals surface area contributed by atoms with Crippen LogP contribution < -0.4 is 4.74 Å². The highest BCUT2D eigenvalue weighted by Crippen LogP contribution is 2.32. The van der Waals surface area contributed by atoms with E-state index in [9.17, 15) is 18.0 Å². The van der Waals surface area contributed by atoms with Gasteiger partial charge in [0.15, 0.2) is 14.7 Å². The van der Waals surface area contributed by atoms with Gasteiger partial charge in [-0.3, -0.25) is 0 Å². The lowest BCUT2D eigenvalue weighted by atomic mass is 9.98. The smallest absolute Gasteiger partial charge is 0.451 e. The fourth-order valence-corrected chi connectivity index (χ4v) is 5.74. The van der Waals surface area contributed by atoms with Crippen molar-refractivity contribution < 1.29 is 27.4 Å². The van der Waals surface area contributed by atoms with Crippen LogP contribution in [0.25, 0.3) is 0 Å². The Labute approximate surface area is 210 Å². The quantitative estimate of drug-likeness (QED) is 0.189. The summed E-state index contributed by atoms with van der Waals surface area (Å²) in [5, 5.41) is 0. The molecule has 0 saturated heterocycles. The zero-order valence-corrected chi connectivity index (χ0v) is 20.5. The lowest BCUT2D eigenvalue weighted by Gasteiger charge is -2.26. The molecule has 0 fully saturated rings. The lowest BCUT2D eigenvalue weighted by Crippen LogP contribution is -2.25. The normalized spacial score (nSPS) is 11.8. The second-order valence-corrected chi connectivity index (χ2v) is 10.5. The maximum absolute atomic E-state index is 12.9. The Morgan fingerprint density at radius 2 is 1.14 bits per heavy atom. The van der Waals surface area contributed by atoms with E-state index in [1.165, 1.54) is 24.3 Å². The molecule has 0 aliphatic carbocycles. The molecule has 4 aromatic carbocycles. The zero-order chi connectivity index (χ0) is 25.8.